The van der Waals surface area contributed by atoms with Crippen LogP contribution in [0.4, 0.5) is 17.6 Å². The quantitative estimate of drug-likeness (QED) is 0.671. The number of piperazine rings is 1. The van der Waals surface area contributed by atoms with Crippen molar-refractivity contribution in [3.8, 4) is 0 Å². The smallest absolute Gasteiger partial charge is 0.194 e. The van der Waals surface area contributed by atoms with Gasteiger partial charge in [0.05, 0.1) is 6.67 Å². The Morgan fingerprint density at radius 3 is 2.42 bits per heavy atom. The van der Waals surface area contributed by atoms with Crippen molar-refractivity contribution in [2.45, 2.75) is 12.5 Å². The highest BCUT2D eigenvalue weighted by Gasteiger charge is 2.26. The molecule has 1 aliphatic rings. The summed E-state index contributed by atoms with van der Waals surface area (Å²) in [5, 5.41) is 3.14. The van der Waals surface area contributed by atoms with Gasteiger partial charge in [0.1, 0.15) is 0 Å². The van der Waals surface area contributed by atoms with Gasteiger partial charge in [-0.15, -0.1) is 0 Å². The lowest BCUT2D eigenvalue weighted by Gasteiger charge is -2.35. The normalized spacial score (nSPS) is 18.5. The van der Waals surface area contributed by atoms with Gasteiger partial charge >= 0.3 is 0 Å². The van der Waals surface area contributed by atoms with E-state index in [2.05, 4.69) is 5.32 Å². The van der Waals surface area contributed by atoms with Gasteiger partial charge in [0, 0.05) is 37.8 Å². The summed E-state index contributed by atoms with van der Waals surface area (Å²) in [5.74, 6) is -3.92. The molecule has 6 heteroatoms. The third kappa shape index (κ3) is 3.06. The molecule has 106 valence electrons. The molecule has 0 amide bonds. The monoisotopic (exact) mass is 276 g/mol. The SMILES string of the molecule is FCC[C@@H](c1ccc(F)c(F)c1F)N1CCNCC1. The molecule has 2 rings (SSSR count). The van der Waals surface area contributed by atoms with Crippen molar-refractivity contribution >= 4 is 0 Å². The Labute approximate surface area is 109 Å². The summed E-state index contributed by atoms with van der Waals surface area (Å²) < 4.78 is 52.7. The van der Waals surface area contributed by atoms with Gasteiger partial charge in [-0.3, -0.25) is 9.29 Å². The van der Waals surface area contributed by atoms with Crippen LogP contribution < -0.4 is 5.32 Å². The van der Waals surface area contributed by atoms with Gasteiger partial charge in [-0.25, -0.2) is 13.2 Å². The highest BCUT2D eigenvalue weighted by molar-refractivity contribution is 5.24. The third-order valence-corrected chi connectivity index (χ3v) is 3.40. The molecule has 1 aliphatic heterocycles. The summed E-state index contributed by atoms with van der Waals surface area (Å²) in [5.41, 5.74) is 0.0263. The largest absolute Gasteiger partial charge is 0.314 e. The number of alkyl halides is 1. The van der Waals surface area contributed by atoms with E-state index in [0.29, 0.717) is 26.2 Å². The van der Waals surface area contributed by atoms with Crippen LogP contribution in [0.5, 0.6) is 0 Å². The molecule has 0 aromatic heterocycles. The van der Waals surface area contributed by atoms with Crippen LogP contribution in [-0.2, 0) is 0 Å². The average molecular weight is 276 g/mol. The van der Waals surface area contributed by atoms with Crippen LogP contribution in [0, 0.1) is 17.5 Å². The van der Waals surface area contributed by atoms with Gasteiger partial charge in [0.25, 0.3) is 0 Å². The zero-order chi connectivity index (χ0) is 13.8. The van der Waals surface area contributed by atoms with Gasteiger partial charge in [-0.1, -0.05) is 6.07 Å². The van der Waals surface area contributed by atoms with Crippen molar-refractivity contribution in [3.63, 3.8) is 0 Å². The maximum absolute atomic E-state index is 13.8. The second kappa shape index (κ2) is 6.34. The molecule has 0 aliphatic carbocycles. The van der Waals surface area contributed by atoms with Crippen LogP contribution >= 0.6 is 0 Å². The van der Waals surface area contributed by atoms with Crippen LogP contribution in [-0.4, -0.2) is 37.8 Å². The summed E-state index contributed by atoms with van der Waals surface area (Å²) in [6, 6.07) is 1.54. The first kappa shape index (κ1) is 14.3. The molecule has 1 atom stereocenters. The molecule has 1 aromatic carbocycles. The van der Waals surface area contributed by atoms with Gasteiger partial charge < -0.3 is 5.32 Å². The first-order chi connectivity index (χ1) is 9.15. The molecule has 1 fully saturated rings. The number of hydrogen-bond donors (Lipinski definition) is 1. The fraction of sp³-hybridized carbons (Fsp3) is 0.538. The minimum atomic E-state index is -1.49. The van der Waals surface area contributed by atoms with Crippen LogP contribution in [0.3, 0.4) is 0 Å². The van der Waals surface area contributed by atoms with Crippen molar-refractivity contribution in [3.05, 3.63) is 35.1 Å². The van der Waals surface area contributed by atoms with Crippen molar-refractivity contribution in [1.29, 1.82) is 0 Å². The highest BCUT2D eigenvalue weighted by atomic mass is 19.2. The van der Waals surface area contributed by atoms with Crippen molar-refractivity contribution in [2.24, 2.45) is 0 Å². The standard InChI is InChI=1S/C13H16F4N2/c14-4-3-11(19-7-5-18-6-8-19)9-1-2-10(15)13(17)12(9)16/h1-2,11,18H,3-8H2/t11-/m0/s1. The van der Waals surface area contributed by atoms with Gasteiger partial charge in [0.15, 0.2) is 17.5 Å². The topological polar surface area (TPSA) is 15.3 Å². The lowest BCUT2D eigenvalue weighted by atomic mass is 10.0. The van der Waals surface area contributed by atoms with Gasteiger partial charge in [-0.2, -0.15) is 0 Å². The fourth-order valence-electron chi connectivity index (χ4n) is 2.43. The average Bonchev–Trinajstić information content (AvgIpc) is 2.44. The zero-order valence-electron chi connectivity index (χ0n) is 10.4. The molecule has 0 saturated carbocycles. The molecule has 0 radical (unpaired) electrons. The lowest BCUT2D eigenvalue weighted by Crippen LogP contribution is -2.45. The van der Waals surface area contributed by atoms with Crippen molar-refractivity contribution in [1.82, 2.24) is 10.2 Å². The Morgan fingerprint density at radius 2 is 1.79 bits per heavy atom. The fourth-order valence-corrected chi connectivity index (χ4v) is 2.43. The highest BCUT2D eigenvalue weighted by Crippen LogP contribution is 2.29. The van der Waals surface area contributed by atoms with E-state index in [1.54, 1.807) is 0 Å². The first-order valence-electron chi connectivity index (χ1n) is 6.29. The summed E-state index contributed by atoms with van der Waals surface area (Å²) in [6.45, 7) is 2.06. The van der Waals surface area contributed by atoms with E-state index in [-0.39, 0.29) is 12.0 Å². The van der Waals surface area contributed by atoms with Crippen LogP contribution in [0.2, 0.25) is 0 Å². The molecule has 0 spiro atoms. The minimum Gasteiger partial charge on any atom is -0.314 e. The van der Waals surface area contributed by atoms with E-state index in [0.717, 1.165) is 6.07 Å². The summed E-state index contributed by atoms with van der Waals surface area (Å²) in [7, 11) is 0. The van der Waals surface area contributed by atoms with E-state index < -0.39 is 30.2 Å². The second-order valence-electron chi connectivity index (χ2n) is 4.54. The molecular formula is C13H16F4N2. The third-order valence-electron chi connectivity index (χ3n) is 3.40. The van der Waals surface area contributed by atoms with E-state index in [9.17, 15) is 17.6 Å². The molecular weight excluding hydrogens is 260 g/mol. The van der Waals surface area contributed by atoms with E-state index >= 15 is 0 Å². The first-order valence-corrected chi connectivity index (χ1v) is 6.29. The number of nitrogens with zero attached hydrogens (tertiary/aromatic N) is 1. The number of halogens is 4. The Bertz CT molecular complexity index is 433. The van der Waals surface area contributed by atoms with Crippen molar-refractivity contribution in [2.75, 3.05) is 32.9 Å². The predicted molar refractivity (Wildman–Crippen MR) is 64.1 cm³/mol. The molecule has 1 aromatic rings. The number of nitrogens with one attached hydrogen (secondary N) is 1. The molecule has 0 unspecified atom stereocenters. The van der Waals surface area contributed by atoms with Crippen LogP contribution in [0.25, 0.3) is 0 Å². The zero-order valence-corrected chi connectivity index (χ0v) is 10.4. The Morgan fingerprint density at radius 1 is 1.11 bits per heavy atom. The maximum atomic E-state index is 13.8. The summed E-state index contributed by atoms with van der Waals surface area (Å²) >= 11 is 0. The molecule has 19 heavy (non-hydrogen) atoms. The van der Waals surface area contributed by atoms with E-state index in [1.807, 2.05) is 4.90 Å². The Balaban J connectivity index is 2.30. The molecule has 1 saturated heterocycles. The summed E-state index contributed by atoms with van der Waals surface area (Å²) in [4.78, 5) is 1.89. The van der Waals surface area contributed by atoms with Gasteiger partial charge in [0.2, 0.25) is 0 Å². The molecule has 1 heterocycles. The Kier molecular flexibility index (Phi) is 4.76. The molecule has 1 N–H and O–H groups in total. The Hall–Kier alpha value is -1.14. The number of benzene rings is 1. The van der Waals surface area contributed by atoms with Crippen LogP contribution in [0.1, 0.15) is 18.0 Å². The van der Waals surface area contributed by atoms with Crippen LogP contribution in [0.15, 0.2) is 12.1 Å². The van der Waals surface area contributed by atoms with E-state index in [1.165, 1.54) is 6.07 Å². The maximum Gasteiger partial charge on any atom is 0.194 e. The lowest BCUT2D eigenvalue weighted by molar-refractivity contribution is 0.153. The molecule has 2 nitrogen and oxygen atoms in total. The number of rotatable bonds is 4. The molecule has 0 bridgehead atoms. The second-order valence-corrected chi connectivity index (χ2v) is 4.54. The minimum absolute atomic E-state index is 0.0263. The number of hydrogen-bond acceptors (Lipinski definition) is 2. The van der Waals surface area contributed by atoms with Gasteiger partial charge in [-0.05, 0) is 12.5 Å². The van der Waals surface area contributed by atoms with Crippen molar-refractivity contribution < 1.29 is 17.6 Å². The summed E-state index contributed by atoms with van der Waals surface area (Å²) in [6.07, 6.45) is 0.0714. The predicted octanol–water partition coefficient (Wildman–Crippen LogP) is 2.41. The van der Waals surface area contributed by atoms with E-state index in [4.69, 9.17) is 0 Å².